The number of carbonyl (C=O) groups excluding carboxylic acids is 1. The fourth-order valence-electron chi connectivity index (χ4n) is 1.83. The van der Waals surface area contributed by atoms with E-state index in [2.05, 4.69) is 26.6 Å². The van der Waals surface area contributed by atoms with E-state index in [-0.39, 0.29) is 17.6 Å². The van der Waals surface area contributed by atoms with Crippen molar-refractivity contribution in [3.8, 4) is 0 Å². The van der Waals surface area contributed by atoms with E-state index in [1.165, 1.54) is 12.1 Å². The summed E-state index contributed by atoms with van der Waals surface area (Å²) in [6.07, 6.45) is 2.30. The van der Waals surface area contributed by atoms with Crippen LogP contribution in [0.4, 0.5) is 10.5 Å². The Balaban J connectivity index is 2.02. The maximum atomic E-state index is 11.8. The van der Waals surface area contributed by atoms with Crippen LogP contribution in [0.5, 0.6) is 0 Å². The lowest BCUT2D eigenvalue weighted by atomic mass is 10.2. The predicted octanol–water partition coefficient (Wildman–Crippen LogP) is 3.07. The molecule has 1 unspecified atom stereocenters. The van der Waals surface area contributed by atoms with E-state index < -0.39 is 5.97 Å². The largest absolute Gasteiger partial charge is 0.478 e. The number of urea groups is 1. The number of amides is 2. The van der Waals surface area contributed by atoms with E-state index in [9.17, 15) is 9.59 Å². The van der Waals surface area contributed by atoms with Gasteiger partial charge in [0.05, 0.1) is 11.3 Å². The highest BCUT2D eigenvalue weighted by atomic mass is 79.9. The first-order chi connectivity index (χ1) is 8.97. The molecule has 102 valence electrons. The monoisotopic (exact) mass is 326 g/mol. The number of nitrogens with one attached hydrogen (secondary N) is 2. The van der Waals surface area contributed by atoms with E-state index in [0.717, 1.165) is 12.8 Å². The van der Waals surface area contributed by atoms with Gasteiger partial charge in [-0.15, -0.1) is 0 Å². The predicted molar refractivity (Wildman–Crippen MR) is 75.4 cm³/mol. The average molecular weight is 327 g/mol. The van der Waals surface area contributed by atoms with Crippen molar-refractivity contribution in [2.24, 2.45) is 5.92 Å². The van der Waals surface area contributed by atoms with E-state index in [1.54, 1.807) is 6.07 Å². The van der Waals surface area contributed by atoms with Crippen LogP contribution in [0.3, 0.4) is 0 Å². The van der Waals surface area contributed by atoms with Gasteiger partial charge < -0.3 is 15.7 Å². The van der Waals surface area contributed by atoms with Crippen LogP contribution >= 0.6 is 15.9 Å². The van der Waals surface area contributed by atoms with Crippen molar-refractivity contribution in [1.82, 2.24) is 5.32 Å². The molecular formula is C13H15BrN2O3. The summed E-state index contributed by atoms with van der Waals surface area (Å²) in [6.45, 7) is 1.97. The van der Waals surface area contributed by atoms with E-state index in [1.807, 2.05) is 6.92 Å². The van der Waals surface area contributed by atoms with Crippen LogP contribution < -0.4 is 10.6 Å². The second kappa shape index (κ2) is 5.61. The minimum atomic E-state index is -1.03. The van der Waals surface area contributed by atoms with Gasteiger partial charge >= 0.3 is 12.0 Å². The average Bonchev–Trinajstić information content (AvgIpc) is 3.15. The van der Waals surface area contributed by atoms with Crippen LogP contribution in [0.2, 0.25) is 0 Å². The second-order valence-corrected chi connectivity index (χ2v) is 5.58. The number of rotatable bonds is 4. The molecule has 0 radical (unpaired) electrons. The summed E-state index contributed by atoms with van der Waals surface area (Å²) in [5, 5.41) is 14.4. The van der Waals surface area contributed by atoms with Gasteiger partial charge in [0.15, 0.2) is 0 Å². The van der Waals surface area contributed by atoms with Crippen LogP contribution in [-0.2, 0) is 0 Å². The first-order valence-corrected chi connectivity index (χ1v) is 6.87. The highest BCUT2D eigenvalue weighted by Gasteiger charge is 2.28. The van der Waals surface area contributed by atoms with Crippen molar-refractivity contribution >= 4 is 33.6 Å². The van der Waals surface area contributed by atoms with Crippen molar-refractivity contribution in [2.75, 3.05) is 5.32 Å². The molecule has 0 spiro atoms. The minimum absolute atomic E-state index is 0.133. The quantitative estimate of drug-likeness (QED) is 0.795. The summed E-state index contributed by atoms with van der Waals surface area (Å²) < 4.78 is 0.645. The zero-order valence-corrected chi connectivity index (χ0v) is 12.0. The highest BCUT2D eigenvalue weighted by Crippen LogP contribution is 2.32. The molecule has 1 fully saturated rings. The molecule has 0 saturated heterocycles. The van der Waals surface area contributed by atoms with Gasteiger partial charge in [-0.05, 0) is 59.8 Å². The number of carbonyl (C=O) groups is 2. The topological polar surface area (TPSA) is 78.4 Å². The fourth-order valence-corrected chi connectivity index (χ4v) is 2.18. The molecule has 6 heteroatoms. The smallest absolute Gasteiger partial charge is 0.335 e. The molecule has 0 bridgehead atoms. The molecule has 3 N–H and O–H groups in total. The maximum absolute atomic E-state index is 11.8. The zero-order chi connectivity index (χ0) is 14.0. The van der Waals surface area contributed by atoms with Gasteiger partial charge in [0.25, 0.3) is 0 Å². The first kappa shape index (κ1) is 13.9. The number of halogens is 1. The van der Waals surface area contributed by atoms with Crippen molar-refractivity contribution in [3.05, 3.63) is 28.2 Å². The van der Waals surface area contributed by atoms with Gasteiger partial charge in [0.2, 0.25) is 0 Å². The molecule has 1 aliphatic carbocycles. The Morgan fingerprint density at radius 1 is 1.42 bits per heavy atom. The Kier molecular flexibility index (Phi) is 4.09. The molecule has 19 heavy (non-hydrogen) atoms. The lowest BCUT2D eigenvalue weighted by Gasteiger charge is -2.14. The van der Waals surface area contributed by atoms with Crippen molar-refractivity contribution in [3.63, 3.8) is 0 Å². The third-order valence-corrected chi connectivity index (χ3v) is 3.84. The van der Waals surface area contributed by atoms with E-state index in [0.29, 0.717) is 16.1 Å². The first-order valence-electron chi connectivity index (χ1n) is 6.07. The normalized spacial score (nSPS) is 15.7. The summed E-state index contributed by atoms with van der Waals surface area (Å²) in [7, 11) is 0. The Morgan fingerprint density at radius 3 is 2.68 bits per heavy atom. The lowest BCUT2D eigenvalue weighted by Crippen LogP contribution is -2.37. The molecule has 1 atom stereocenters. The van der Waals surface area contributed by atoms with Crippen LogP contribution in [0.25, 0.3) is 0 Å². The highest BCUT2D eigenvalue weighted by molar-refractivity contribution is 9.10. The van der Waals surface area contributed by atoms with Crippen molar-refractivity contribution in [1.29, 1.82) is 0 Å². The van der Waals surface area contributed by atoms with Gasteiger partial charge in [-0.25, -0.2) is 9.59 Å². The van der Waals surface area contributed by atoms with Crippen LogP contribution in [0.1, 0.15) is 30.1 Å². The molecule has 1 aliphatic rings. The SMILES string of the molecule is CC(NC(=O)Nc1cc(C(=O)O)ccc1Br)C1CC1. The maximum Gasteiger partial charge on any atom is 0.335 e. The zero-order valence-electron chi connectivity index (χ0n) is 10.4. The fraction of sp³-hybridized carbons (Fsp3) is 0.385. The van der Waals surface area contributed by atoms with Gasteiger partial charge in [-0.3, -0.25) is 0 Å². The van der Waals surface area contributed by atoms with Crippen LogP contribution in [-0.4, -0.2) is 23.1 Å². The number of carboxylic acids is 1. The number of hydrogen-bond donors (Lipinski definition) is 3. The van der Waals surface area contributed by atoms with E-state index in [4.69, 9.17) is 5.11 Å². The molecular weight excluding hydrogens is 312 g/mol. The van der Waals surface area contributed by atoms with Gasteiger partial charge in [0.1, 0.15) is 0 Å². The number of anilines is 1. The lowest BCUT2D eigenvalue weighted by molar-refractivity contribution is 0.0697. The number of carboxylic acid groups (broad SMARTS) is 1. The summed E-state index contributed by atoms with van der Waals surface area (Å²) in [6, 6.07) is 4.32. The Bertz CT molecular complexity index is 515. The van der Waals surface area contributed by atoms with Gasteiger partial charge in [-0.1, -0.05) is 0 Å². The van der Waals surface area contributed by atoms with Crippen molar-refractivity contribution < 1.29 is 14.7 Å². The minimum Gasteiger partial charge on any atom is -0.478 e. The Hall–Kier alpha value is -1.56. The third-order valence-electron chi connectivity index (χ3n) is 3.15. The molecule has 0 heterocycles. The molecule has 2 rings (SSSR count). The van der Waals surface area contributed by atoms with E-state index >= 15 is 0 Å². The third kappa shape index (κ3) is 3.70. The van der Waals surface area contributed by atoms with Gasteiger partial charge in [0, 0.05) is 10.5 Å². The number of benzene rings is 1. The van der Waals surface area contributed by atoms with Crippen LogP contribution in [0, 0.1) is 5.92 Å². The Morgan fingerprint density at radius 2 is 2.11 bits per heavy atom. The summed E-state index contributed by atoms with van der Waals surface area (Å²) in [4.78, 5) is 22.7. The second-order valence-electron chi connectivity index (χ2n) is 4.72. The molecule has 5 nitrogen and oxygen atoms in total. The Labute approximate surface area is 119 Å². The summed E-state index contributed by atoms with van der Waals surface area (Å²) >= 11 is 3.28. The number of aromatic carboxylic acids is 1. The summed E-state index contributed by atoms with van der Waals surface area (Å²) in [5.41, 5.74) is 0.578. The summed E-state index contributed by atoms with van der Waals surface area (Å²) in [5.74, 6) is -0.457. The molecule has 1 aromatic rings. The van der Waals surface area contributed by atoms with Crippen molar-refractivity contribution in [2.45, 2.75) is 25.8 Å². The number of hydrogen-bond acceptors (Lipinski definition) is 2. The van der Waals surface area contributed by atoms with Crippen LogP contribution in [0.15, 0.2) is 22.7 Å². The molecule has 0 aromatic heterocycles. The molecule has 0 aliphatic heterocycles. The molecule has 2 amide bonds. The molecule has 1 saturated carbocycles. The standard InChI is InChI=1S/C13H15BrN2O3/c1-7(8-2-3-8)15-13(19)16-11-6-9(12(17)18)4-5-10(11)14/h4-8H,2-3H2,1H3,(H,17,18)(H2,15,16,19). The molecule has 1 aromatic carbocycles. The van der Waals surface area contributed by atoms with Gasteiger partial charge in [-0.2, -0.15) is 0 Å².